The number of likely N-dealkylation sites (tertiary alicyclic amines) is 1. The van der Waals surface area contributed by atoms with Crippen LogP contribution in [0.4, 0.5) is 4.79 Å². The Balaban J connectivity index is 2.86. The van der Waals surface area contributed by atoms with Gasteiger partial charge in [0.15, 0.2) is 0 Å². The fraction of sp³-hybridized carbons (Fsp3) is 0.867. The van der Waals surface area contributed by atoms with Gasteiger partial charge in [-0.1, -0.05) is 0 Å². The van der Waals surface area contributed by atoms with E-state index in [1.807, 2.05) is 34.9 Å². The van der Waals surface area contributed by atoms with Gasteiger partial charge in [-0.25, -0.2) is 9.59 Å². The van der Waals surface area contributed by atoms with E-state index in [1.165, 1.54) is 4.90 Å². The van der Waals surface area contributed by atoms with Crippen LogP contribution < -0.4 is 0 Å². The van der Waals surface area contributed by atoms with Crippen molar-refractivity contribution in [3.63, 3.8) is 0 Å². The number of carbonyl (C=O) groups is 2. The van der Waals surface area contributed by atoms with Gasteiger partial charge in [-0.15, -0.1) is 0 Å². The van der Waals surface area contributed by atoms with Crippen LogP contribution in [0.1, 0.15) is 40.5 Å². The number of esters is 1. The van der Waals surface area contributed by atoms with E-state index in [2.05, 4.69) is 4.90 Å². The van der Waals surface area contributed by atoms with E-state index in [0.717, 1.165) is 6.42 Å². The molecular formula is C15H28N2O4. The fourth-order valence-corrected chi connectivity index (χ4v) is 2.38. The van der Waals surface area contributed by atoms with E-state index >= 15 is 0 Å². The Morgan fingerprint density at radius 3 is 2.33 bits per heavy atom. The Morgan fingerprint density at radius 2 is 1.86 bits per heavy atom. The van der Waals surface area contributed by atoms with E-state index in [-0.39, 0.29) is 12.0 Å². The van der Waals surface area contributed by atoms with E-state index in [9.17, 15) is 9.59 Å². The summed E-state index contributed by atoms with van der Waals surface area (Å²) >= 11 is 0. The van der Waals surface area contributed by atoms with Crippen LogP contribution in [0.2, 0.25) is 0 Å². The second-order valence-electron chi connectivity index (χ2n) is 6.60. The summed E-state index contributed by atoms with van der Waals surface area (Å²) in [7, 11) is 3.95. The molecule has 1 aliphatic heterocycles. The summed E-state index contributed by atoms with van der Waals surface area (Å²) in [6.45, 7) is 8.01. The molecule has 6 nitrogen and oxygen atoms in total. The second kappa shape index (κ2) is 7.11. The van der Waals surface area contributed by atoms with Gasteiger partial charge in [-0.2, -0.15) is 0 Å². The lowest BCUT2D eigenvalue weighted by molar-refractivity contribution is -0.151. The van der Waals surface area contributed by atoms with Gasteiger partial charge >= 0.3 is 12.1 Å². The molecule has 0 aromatic rings. The zero-order valence-electron chi connectivity index (χ0n) is 14.0. The molecule has 1 rings (SSSR count). The van der Waals surface area contributed by atoms with E-state index in [1.54, 1.807) is 6.92 Å². The molecule has 1 saturated heterocycles. The highest BCUT2D eigenvalue weighted by molar-refractivity contribution is 5.81. The van der Waals surface area contributed by atoms with Crippen LogP contribution in [0.5, 0.6) is 0 Å². The molecule has 0 aromatic carbocycles. The predicted octanol–water partition coefficient (Wildman–Crippen LogP) is 1.88. The molecule has 0 radical (unpaired) electrons. The summed E-state index contributed by atoms with van der Waals surface area (Å²) in [5, 5.41) is 0. The van der Waals surface area contributed by atoms with Crippen LogP contribution in [0.25, 0.3) is 0 Å². The highest BCUT2D eigenvalue weighted by atomic mass is 16.6. The number of nitrogens with zero attached hydrogens (tertiary/aromatic N) is 2. The Labute approximate surface area is 127 Å². The summed E-state index contributed by atoms with van der Waals surface area (Å²) in [4.78, 5) is 28.0. The third-order valence-corrected chi connectivity index (χ3v) is 3.47. The van der Waals surface area contributed by atoms with Crippen molar-refractivity contribution in [3.8, 4) is 0 Å². The quantitative estimate of drug-likeness (QED) is 0.745. The maximum Gasteiger partial charge on any atom is 0.411 e. The largest absolute Gasteiger partial charge is 0.464 e. The number of rotatable bonds is 3. The molecule has 21 heavy (non-hydrogen) atoms. The summed E-state index contributed by atoms with van der Waals surface area (Å²) in [5.74, 6) is -0.347. The Kier molecular flexibility index (Phi) is 6.01. The van der Waals surface area contributed by atoms with Crippen LogP contribution in [0.15, 0.2) is 0 Å². The molecule has 0 N–H and O–H groups in total. The molecule has 1 amide bonds. The summed E-state index contributed by atoms with van der Waals surface area (Å²) in [5.41, 5.74) is -0.582. The van der Waals surface area contributed by atoms with Crippen molar-refractivity contribution >= 4 is 12.1 Å². The van der Waals surface area contributed by atoms with Gasteiger partial charge in [-0.05, 0) is 54.6 Å². The van der Waals surface area contributed by atoms with Crippen molar-refractivity contribution in [2.24, 2.45) is 0 Å². The van der Waals surface area contributed by atoms with Crippen LogP contribution >= 0.6 is 0 Å². The SMILES string of the molecule is CCOC(=O)C1CC[C@@H](N(C)C)CN1C(=O)OC(C)(C)C. The monoisotopic (exact) mass is 300 g/mol. The van der Waals surface area contributed by atoms with E-state index in [4.69, 9.17) is 9.47 Å². The van der Waals surface area contributed by atoms with Crippen LogP contribution in [-0.2, 0) is 14.3 Å². The van der Waals surface area contributed by atoms with Gasteiger partial charge < -0.3 is 14.4 Å². The van der Waals surface area contributed by atoms with Gasteiger partial charge in [0.25, 0.3) is 0 Å². The number of amides is 1. The average molecular weight is 300 g/mol. The number of hydrogen-bond acceptors (Lipinski definition) is 5. The molecule has 1 aliphatic rings. The first-order valence-corrected chi connectivity index (χ1v) is 7.48. The van der Waals surface area contributed by atoms with E-state index < -0.39 is 17.7 Å². The molecule has 0 spiro atoms. The minimum atomic E-state index is -0.582. The molecule has 0 saturated carbocycles. The van der Waals surface area contributed by atoms with Gasteiger partial charge in [0.2, 0.25) is 0 Å². The predicted molar refractivity (Wildman–Crippen MR) is 80.1 cm³/mol. The van der Waals surface area contributed by atoms with Gasteiger partial charge in [0.05, 0.1) is 6.61 Å². The maximum atomic E-state index is 12.4. The standard InChI is InChI=1S/C15H28N2O4/c1-7-20-13(18)12-9-8-11(16(5)6)10-17(12)14(19)21-15(2,3)4/h11-12H,7-10H2,1-6H3/t11-,12?/m1/s1. The number of ether oxygens (including phenoxy) is 2. The first-order chi connectivity index (χ1) is 9.65. The Hall–Kier alpha value is -1.30. The molecule has 1 unspecified atom stereocenters. The second-order valence-corrected chi connectivity index (χ2v) is 6.60. The van der Waals surface area contributed by atoms with E-state index in [0.29, 0.717) is 19.6 Å². The van der Waals surface area contributed by atoms with Crippen molar-refractivity contribution in [2.75, 3.05) is 27.2 Å². The molecule has 0 aliphatic carbocycles. The van der Waals surface area contributed by atoms with Crippen LogP contribution in [0.3, 0.4) is 0 Å². The minimum Gasteiger partial charge on any atom is -0.464 e. The topological polar surface area (TPSA) is 59.1 Å². The van der Waals surface area contributed by atoms with Gasteiger partial charge in [-0.3, -0.25) is 4.90 Å². The lowest BCUT2D eigenvalue weighted by Gasteiger charge is -2.40. The number of hydrogen-bond donors (Lipinski definition) is 0. The number of likely N-dealkylation sites (N-methyl/N-ethyl adjacent to an activating group) is 1. The van der Waals surface area contributed by atoms with Crippen molar-refractivity contribution in [1.82, 2.24) is 9.80 Å². The lowest BCUT2D eigenvalue weighted by Crippen LogP contribution is -2.56. The van der Waals surface area contributed by atoms with Crippen LogP contribution in [0, 0.1) is 0 Å². The third kappa shape index (κ3) is 5.19. The number of carbonyl (C=O) groups excluding carboxylic acids is 2. The van der Waals surface area contributed by atoms with Crippen molar-refractivity contribution in [1.29, 1.82) is 0 Å². The normalized spacial score (nSPS) is 23.1. The minimum absolute atomic E-state index is 0.225. The fourth-order valence-electron chi connectivity index (χ4n) is 2.38. The molecule has 122 valence electrons. The first-order valence-electron chi connectivity index (χ1n) is 7.48. The van der Waals surface area contributed by atoms with Crippen molar-refractivity contribution < 1.29 is 19.1 Å². The summed E-state index contributed by atoms with van der Waals surface area (Å²) in [6.07, 6.45) is 1.00. The molecule has 6 heteroatoms. The summed E-state index contributed by atoms with van der Waals surface area (Å²) in [6, 6.07) is -0.320. The van der Waals surface area contributed by atoms with Crippen molar-refractivity contribution in [2.45, 2.75) is 58.2 Å². The third-order valence-electron chi connectivity index (χ3n) is 3.47. The van der Waals surface area contributed by atoms with Crippen molar-refractivity contribution in [3.05, 3.63) is 0 Å². The molecule has 1 heterocycles. The zero-order chi connectivity index (χ0) is 16.2. The highest BCUT2D eigenvalue weighted by Gasteiger charge is 2.39. The highest BCUT2D eigenvalue weighted by Crippen LogP contribution is 2.23. The lowest BCUT2D eigenvalue weighted by atomic mass is 9.98. The van der Waals surface area contributed by atoms with Crippen LogP contribution in [-0.4, -0.2) is 66.8 Å². The molecule has 2 atom stereocenters. The maximum absolute atomic E-state index is 12.4. The molecule has 0 bridgehead atoms. The zero-order valence-corrected chi connectivity index (χ0v) is 14.0. The molecular weight excluding hydrogens is 272 g/mol. The van der Waals surface area contributed by atoms with Gasteiger partial charge in [0.1, 0.15) is 11.6 Å². The molecule has 1 fully saturated rings. The number of piperidine rings is 1. The molecule has 0 aromatic heterocycles. The Morgan fingerprint density at radius 1 is 1.24 bits per heavy atom. The first kappa shape index (κ1) is 17.8. The average Bonchev–Trinajstić information content (AvgIpc) is 2.36. The van der Waals surface area contributed by atoms with Gasteiger partial charge in [0, 0.05) is 12.6 Å². The smallest absolute Gasteiger partial charge is 0.411 e. The summed E-state index contributed by atoms with van der Waals surface area (Å²) < 4.78 is 10.5. The Bertz CT molecular complexity index is 376.